The van der Waals surface area contributed by atoms with Crippen molar-refractivity contribution in [3.05, 3.63) is 16.9 Å². The highest BCUT2D eigenvalue weighted by Gasteiger charge is 2.18. The molecule has 0 aliphatic carbocycles. The molecule has 1 aromatic rings. The van der Waals surface area contributed by atoms with Crippen LogP contribution in [0.4, 0.5) is 0 Å². The molecule has 1 rings (SSSR count). The van der Waals surface area contributed by atoms with Crippen molar-refractivity contribution in [1.29, 1.82) is 0 Å². The minimum atomic E-state index is -0.539. The summed E-state index contributed by atoms with van der Waals surface area (Å²) in [4.78, 5) is 0. The fourth-order valence-corrected chi connectivity index (χ4v) is 2.04. The molecule has 14 heavy (non-hydrogen) atoms. The molecule has 0 amide bonds. The fourth-order valence-electron chi connectivity index (χ4n) is 1.31. The second kappa shape index (κ2) is 5.05. The van der Waals surface area contributed by atoms with E-state index in [-0.39, 0.29) is 6.04 Å². The fraction of sp³-hybridized carbons (Fsp3) is 0.667. The molecule has 0 aromatic carbocycles. The summed E-state index contributed by atoms with van der Waals surface area (Å²) < 4.78 is 1.77. The molecule has 1 aromatic heterocycles. The van der Waals surface area contributed by atoms with Gasteiger partial charge in [0.2, 0.25) is 0 Å². The molecule has 0 saturated heterocycles. The molecule has 80 valence electrons. The zero-order chi connectivity index (χ0) is 10.7. The van der Waals surface area contributed by atoms with Crippen LogP contribution in [0.25, 0.3) is 0 Å². The number of aliphatic hydroxyl groups excluding tert-OH is 1. The molecular weight excluding hydrogens is 220 g/mol. The van der Waals surface area contributed by atoms with Crippen molar-refractivity contribution in [3.8, 4) is 0 Å². The first-order chi connectivity index (χ1) is 6.57. The standard InChI is InChI=1S/C9H15ClN2OS/c1-6(2)12-9(7(10)4-11-12)8(13)5-14-3/h4,6,8,13H,5H2,1-3H3. The minimum absolute atomic E-state index is 0.217. The summed E-state index contributed by atoms with van der Waals surface area (Å²) in [6, 6.07) is 0.217. The monoisotopic (exact) mass is 234 g/mol. The van der Waals surface area contributed by atoms with Gasteiger partial charge in [0.25, 0.3) is 0 Å². The topological polar surface area (TPSA) is 38.1 Å². The van der Waals surface area contributed by atoms with Crippen LogP contribution in [0.15, 0.2) is 6.20 Å². The lowest BCUT2D eigenvalue weighted by Gasteiger charge is -2.15. The third-order valence-corrected chi connectivity index (χ3v) is 2.86. The van der Waals surface area contributed by atoms with Gasteiger partial charge in [-0.3, -0.25) is 4.68 Å². The average Bonchev–Trinajstić information content (AvgIpc) is 2.47. The van der Waals surface area contributed by atoms with E-state index in [1.165, 1.54) is 0 Å². The van der Waals surface area contributed by atoms with E-state index in [4.69, 9.17) is 11.6 Å². The van der Waals surface area contributed by atoms with Gasteiger partial charge in [0, 0.05) is 11.8 Å². The molecule has 0 radical (unpaired) electrons. The van der Waals surface area contributed by atoms with Gasteiger partial charge in [-0.1, -0.05) is 11.6 Å². The molecule has 0 bridgehead atoms. The van der Waals surface area contributed by atoms with E-state index in [0.717, 1.165) is 5.69 Å². The summed E-state index contributed by atoms with van der Waals surface area (Å²) in [5.74, 6) is 0.637. The Kier molecular flexibility index (Phi) is 4.29. The predicted molar refractivity (Wildman–Crippen MR) is 61.0 cm³/mol. The normalized spacial score (nSPS) is 13.6. The molecule has 0 saturated carbocycles. The summed E-state index contributed by atoms with van der Waals surface area (Å²) >= 11 is 7.55. The predicted octanol–water partition coefficient (Wildman–Crippen LogP) is 2.51. The first-order valence-corrected chi connectivity index (χ1v) is 6.25. The summed E-state index contributed by atoms with van der Waals surface area (Å²) in [5, 5.41) is 14.5. The summed E-state index contributed by atoms with van der Waals surface area (Å²) in [6.45, 7) is 4.03. The Morgan fingerprint density at radius 2 is 2.29 bits per heavy atom. The summed E-state index contributed by atoms with van der Waals surface area (Å²) in [5.41, 5.74) is 0.719. The van der Waals surface area contributed by atoms with E-state index in [1.807, 2.05) is 20.1 Å². The van der Waals surface area contributed by atoms with Crippen molar-refractivity contribution >= 4 is 23.4 Å². The zero-order valence-corrected chi connectivity index (χ0v) is 10.1. The van der Waals surface area contributed by atoms with Crippen LogP contribution in [0.2, 0.25) is 5.02 Å². The minimum Gasteiger partial charge on any atom is -0.386 e. The lowest BCUT2D eigenvalue weighted by molar-refractivity contribution is 0.189. The number of hydrogen-bond acceptors (Lipinski definition) is 3. The van der Waals surface area contributed by atoms with Crippen LogP contribution >= 0.6 is 23.4 Å². The van der Waals surface area contributed by atoms with E-state index in [1.54, 1.807) is 22.6 Å². The lowest BCUT2D eigenvalue weighted by atomic mass is 10.2. The van der Waals surface area contributed by atoms with Gasteiger partial charge in [-0.15, -0.1) is 0 Å². The van der Waals surface area contributed by atoms with Crippen LogP contribution in [0, 0.1) is 0 Å². The number of nitrogens with zero attached hydrogens (tertiary/aromatic N) is 2. The van der Waals surface area contributed by atoms with E-state index in [0.29, 0.717) is 10.8 Å². The third kappa shape index (κ3) is 2.43. The van der Waals surface area contributed by atoms with Crippen molar-refractivity contribution in [1.82, 2.24) is 9.78 Å². The maximum atomic E-state index is 9.85. The Morgan fingerprint density at radius 1 is 1.64 bits per heavy atom. The molecule has 0 spiro atoms. The molecule has 0 fully saturated rings. The van der Waals surface area contributed by atoms with Gasteiger partial charge in [-0.25, -0.2) is 0 Å². The maximum absolute atomic E-state index is 9.85. The Balaban J connectivity index is 2.98. The smallest absolute Gasteiger partial charge is 0.106 e. The number of hydrogen-bond donors (Lipinski definition) is 1. The average molecular weight is 235 g/mol. The second-order valence-electron chi connectivity index (χ2n) is 3.39. The lowest BCUT2D eigenvalue weighted by Crippen LogP contribution is -2.13. The van der Waals surface area contributed by atoms with Gasteiger partial charge in [0.1, 0.15) is 6.10 Å². The van der Waals surface area contributed by atoms with Gasteiger partial charge in [-0.05, 0) is 20.1 Å². The van der Waals surface area contributed by atoms with E-state index in [9.17, 15) is 5.11 Å². The summed E-state index contributed by atoms with van der Waals surface area (Å²) in [6.07, 6.45) is 3.00. The number of halogens is 1. The molecule has 1 atom stereocenters. The quantitative estimate of drug-likeness (QED) is 0.870. The van der Waals surface area contributed by atoms with Crippen LogP contribution in [-0.4, -0.2) is 26.9 Å². The van der Waals surface area contributed by atoms with Crippen LogP contribution in [0.3, 0.4) is 0 Å². The molecule has 1 unspecified atom stereocenters. The molecule has 3 nitrogen and oxygen atoms in total. The number of rotatable bonds is 4. The Hall–Kier alpha value is -0.190. The van der Waals surface area contributed by atoms with Gasteiger partial charge in [0.15, 0.2) is 0 Å². The Morgan fingerprint density at radius 3 is 2.79 bits per heavy atom. The largest absolute Gasteiger partial charge is 0.386 e. The molecule has 5 heteroatoms. The van der Waals surface area contributed by atoms with Gasteiger partial charge >= 0.3 is 0 Å². The van der Waals surface area contributed by atoms with Crippen molar-refractivity contribution in [2.24, 2.45) is 0 Å². The molecule has 1 heterocycles. The first-order valence-electron chi connectivity index (χ1n) is 4.47. The van der Waals surface area contributed by atoms with Crippen molar-refractivity contribution in [2.45, 2.75) is 26.0 Å². The first kappa shape index (κ1) is 11.9. The highest BCUT2D eigenvalue weighted by Crippen LogP contribution is 2.26. The number of thioether (sulfide) groups is 1. The maximum Gasteiger partial charge on any atom is 0.106 e. The van der Waals surface area contributed by atoms with E-state index < -0.39 is 6.10 Å². The van der Waals surface area contributed by atoms with Gasteiger partial charge in [-0.2, -0.15) is 16.9 Å². The van der Waals surface area contributed by atoms with Crippen molar-refractivity contribution in [2.75, 3.05) is 12.0 Å². The van der Waals surface area contributed by atoms with Crippen LogP contribution in [0.5, 0.6) is 0 Å². The molecule has 1 N–H and O–H groups in total. The number of aliphatic hydroxyl groups is 1. The summed E-state index contributed by atoms with van der Waals surface area (Å²) in [7, 11) is 0. The zero-order valence-electron chi connectivity index (χ0n) is 8.57. The Labute approximate surface area is 93.4 Å². The molecule has 0 aliphatic heterocycles. The van der Waals surface area contributed by atoms with Crippen molar-refractivity contribution in [3.63, 3.8) is 0 Å². The van der Waals surface area contributed by atoms with Gasteiger partial charge < -0.3 is 5.11 Å². The Bertz CT molecular complexity index is 301. The highest BCUT2D eigenvalue weighted by molar-refractivity contribution is 7.98. The van der Waals surface area contributed by atoms with Crippen LogP contribution < -0.4 is 0 Å². The van der Waals surface area contributed by atoms with E-state index in [2.05, 4.69) is 5.10 Å². The highest BCUT2D eigenvalue weighted by atomic mass is 35.5. The third-order valence-electron chi connectivity index (χ3n) is 1.92. The van der Waals surface area contributed by atoms with Crippen LogP contribution in [0.1, 0.15) is 31.7 Å². The van der Waals surface area contributed by atoms with E-state index >= 15 is 0 Å². The van der Waals surface area contributed by atoms with Gasteiger partial charge in [0.05, 0.1) is 16.9 Å². The molecular formula is C9H15ClN2OS. The molecule has 0 aliphatic rings. The van der Waals surface area contributed by atoms with Crippen molar-refractivity contribution < 1.29 is 5.11 Å². The SMILES string of the molecule is CSCC(O)c1c(Cl)cnn1C(C)C. The number of aromatic nitrogens is 2. The van der Waals surface area contributed by atoms with Crippen LogP contribution in [-0.2, 0) is 0 Å². The second-order valence-corrected chi connectivity index (χ2v) is 4.71.